The minimum atomic E-state index is -0.486. The quantitative estimate of drug-likeness (QED) is 0.911. The van der Waals surface area contributed by atoms with Crippen LogP contribution in [0.4, 0.5) is 4.79 Å². The Labute approximate surface area is 137 Å². The van der Waals surface area contributed by atoms with E-state index in [0.29, 0.717) is 6.54 Å². The number of carbonyl (C=O) groups is 1. The van der Waals surface area contributed by atoms with Crippen molar-refractivity contribution < 1.29 is 14.3 Å². The normalized spacial score (nSPS) is 11.7. The Morgan fingerprint density at radius 1 is 1.13 bits per heavy atom. The van der Waals surface area contributed by atoms with E-state index in [4.69, 9.17) is 9.47 Å². The lowest BCUT2D eigenvalue weighted by Crippen LogP contribution is -2.32. The minimum absolute atomic E-state index is 0.412. The summed E-state index contributed by atoms with van der Waals surface area (Å²) in [4.78, 5) is 11.6. The lowest BCUT2D eigenvalue weighted by Gasteiger charge is -2.19. The number of nitrogens with one attached hydrogen (secondary N) is 1. The van der Waals surface area contributed by atoms with Gasteiger partial charge in [0.05, 0.1) is 7.11 Å². The van der Waals surface area contributed by atoms with Crippen molar-refractivity contribution in [2.24, 2.45) is 0 Å². The summed E-state index contributed by atoms with van der Waals surface area (Å²) in [5.74, 6) is 0.852. The van der Waals surface area contributed by atoms with Gasteiger partial charge in [0.2, 0.25) is 0 Å². The van der Waals surface area contributed by atoms with Gasteiger partial charge in [0.15, 0.2) is 0 Å². The van der Waals surface area contributed by atoms with Gasteiger partial charge in [0, 0.05) is 11.9 Å². The van der Waals surface area contributed by atoms with Gasteiger partial charge in [0.25, 0.3) is 0 Å². The molecule has 0 radical (unpaired) electrons. The van der Waals surface area contributed by atoms with Gasteiger partial charge < -0.3 is 14.8 Å². The molecule has 0 aliphatic heterocycles. The highest BCUT2D eigenvalue weighted by Crippen LogP contribution is 2.28. The molecule has 2 rings (SSSR count). The van der Waals surface area contributed by atoms with Crippen LogP contribution in [0.2, 0.25) is 0 Å². The minimum Gasteiger partial charge on any atom is -0.496 e. The number of fused-ring (bicyclic) bond motifs is 1. The predicted molar refractivity (Wildman–Crippen MR) is 93.8 cm³/mol. The number of methoxy groups -OCH3 is 1. The molecular weight excluding hydrogens is 290 g/mol. The summed E-state index contributed by atoms with van der Waals surface area (Å²) in [5, 5.41) is 4.89. The number of rotatable bonds is 4. The lowest BCUT2D eigenvalue weighted by molar-refractivity contribution is 0.0534. The highest BCUT2D eigenvalue weighted by atomic mass is 16.6. The third-order valence-corrected chi connectivity index (χ3v) is 3.20. The summed E-state index contributed by atoms with van der Waals surface area (Å²) in [7, 11) is 1.67. The van der Waals surface area contributed by atoms with E-state index in [2.05, 4.69) is 11.4 Å². The molecule has 0 aliphatic carbocycles. The molecule has 0 aliphatic rings. The van der Waals surface area contributed by atoms with Gasteiger partial charge in [-0.3, -0.25) is 0 Å². The van der Waals surface area contributed by atoms with Gasteiger partial charge in [0.1, 0.15) is 11.4 Å². The Bertz CT molecular complexity index is 714. The first-order valence-electron chi connectivity index (χ1n) is 7.60. The number of hydrogen-bond donors (Lipinski definition) is 1. The zero-order valence-electron chi connectivity index (χ0n) is 14.1. The van der Waals surface area contributed by atoms with E-state index in [1.54, 1.807) is 7.11 Å². The Morgan fingerprint density at radius 3 is 2.48 bits per heavy atom. The summed E-state index contributed by atoms with van der Waals surface area (Å²) in [6.07, 6.45) is 3.47. The van der Waals surface area contributed by atoms with Crippen LogP contribution in [0, 0.1) is 0 Å². The number of amides is 1. The Hall–Kier alpha value is -2.49. The van der Waals surface area contributed by atoms with Gasteiger partial charge in [-0.25, -0.2) is 4.79 Å². The summed E-state index contributed by atoms with van der Waals surface area (Å²) >= 11 is 0. The Kier molecular flexibility index (Phi) is 5.27. The van der Waals surface area contributed by atoms with Crippen molar-refractivity contribution >= 4 is 22.9 Å². The van der Waals surface area contributed by atoms with Gasteiger partial charge in [-0.15, -0.1) is 0 Å². The molecule has 122 valence electrons. The van der Waals surface area contributed by atoms with E-state index < -0.39 is 11.7 Å². The Morgan fingerprint density at radius 2 is 1.83 bits per heavy atom. The van der Waals surface area contributed by atoms with Crippen LogP contribution >= 0.6 is 0 Å². The van der Waals surface area contributed by atoms with Crippen LogP contribution in [0.1, 0.15) is 26.3 Å². The number of carbonyl (C=O) groups excluding carboxylic acids is 1. The molecule has 0 heterocycles. The van der Waals surface area contributed by atoms with Gasteiger partial charge in [-0.05, 0) is 37.8 Å². The number of hydrogen-bond acceptors (Lipinski definition) is 3. The average molecular weight is 313 g/mol. The molecule has 2 aromatic carbocycles. The molecule has 23 heavy (non-hydrogen) atoms. The van der Waals surface area contributed by atoms with Gasteiger partial charge in [-0.1, -0.05) is 42.5 Å². The topological polar surface area (TPSA) is 47.6 Å². The highest BCUT2D eigenvalue weighted by molar-refractivity contribution is 5.94. The van der Waals surface area contributed by atoms with Gasteiger partial charge >= 0.3 is 6.09 Å². The summed E-state index contributed by atoms with van der Waals surface area (Å²) < 4.78 is 10.6. The van der Waals surface area contributed by atoms with Gasteiger partial charge in [-0.2, -0.15) is 0 Å². The zero-order chi connectivity index (χ0) is 16.9. The molecule has 0 spiro atoms. The fourth-order valence-electron chi connectivity index (χ4n) is 2.26. The van der Waals surface area contributed by atoms with Crippen molar-refractivity contribution in [3.05, 3.63) is 48.0 Å². The lowest BCUT2D eigenvalue weighted by atomic mass is 10.0. The van der Waals surface area contributed by atoms with Crippen LogP contribution in [0.15, 0.2) is 42.5 Å². The second-order valence-corrected chi connectivity index (χ2v) is 6.19. The predicted octanol–water partition coefficient (Wildman–Crippen LogP) is 4.39. The van der Waals surface area contributed by atoms with E-state index in [0.717, 1.165) is 22.1 Å². The van der Waals surface area contributed by atoms with Crippen LogP contribution < -0.4 is 10.1 Å². The van der Waals surface area contributed by atoms with E-state index in [9.17, 15) is 4.79 Å². The molecular formula is C19H23NO3. The SMILES string of the molecule is COc1ccc(C=CCNC(=O)OC(C)(C)C)c2ccccc12. The first kappa shape index (κ1) is 16.9. The third-order valence-electron chi connectivity index (χ3n) is 3.20. The van der Waals surface area contributed by atoms with Crippen molar-refractivity contribution in [3.63, 3.8) is 0 Å². The smallest absolute Gasteiger partial charge is 0.407 e. The molecule has 4 heteroatoms. The maximum Gasteiger partial charge on any atom is 0.407 e. The van der Waals surface area contributed by atoms with Crippen LogP contribution in [-0.4, -0.2) is 25.3 Å². The van der Waals surface area contributed by atoms with Crippen LogP contribution in [0.5, 0.6) is 5.75 Å². The monoisotopic (exact) mass is 313 g/mol. The van der Waals surface area contributed by atoms with E-state index in [1.165, 1.54) is 0 Å². The molecule has 0 atom stereocenters. The molecule has 4 nitrogen and oxygen atoms in total. The fraction of sp³-hybridized carbons (Fsp3) is 0.316. The Balaban J connectivity index is 2.06. The molecule has 1 N–H and O–H groups in total. The molecule has 1 amide bonds. The molecule has 0 unspecified atom stereocenters. The summed E-state index contributed by atoms with van der Waals surface area (Å²) in [6, 6.07) is 12.0. The summed E-state index contributed by atoms with van der Waals surface area (Å²) in [5.41, 5.74) is 0.590. The van der Waals surface area contributed by atoms with Crippen molar-refractivity contribution in [1.82, 2.24) is 5.32 Å². The van der Waals surface area contributed by atoms with Crippen LogP contribution in [0.25, 0.3) is 16.8 Å². The first-order chi connectivity index (χ1) is 10.9. The molecule has 0 fully saturated rings. The van der Waals surface area contributed by atoms with Crippen molar-refractivity contribution in [3.8, 4) is 5.75 Å². The second-order valence-electron chi connectivity index (χ2n) is 6.19. The van der Waals surface area contributed by atoms with Crippen molar-refractivity contribution in [2.45, 2.75) is 26.4 Å². The maximum atomic E-state index is 11.6. The van der Waals surface area contributed by atoms with Crippen molar-refractivity contribution in [1.29, 1.82) is 0 Å². The zero-order valence-corrected chi connectivity index (χ0v) is 14.1. The largest absolute Gasteiger partial charge is 0.496 e. The molecule has 0 saturated carbocycles. The maximum absolute atomic E-state index is 11.6. The summed E-state index contributed by atoms with van der Waals surface area (Å²) in [6.45, 7) is 5.93. The standard InChI is InChI=1S/C19H23NO3/c1-19(2,3)23-18(21)20-13-7-8-14-11-12-17(22-4)16-10-6-5-9-15(14)16/h5-12H,13H2,1-4H3,(H,20,21). The van der Waals surface area contributed by atoms with E-state index in [1.807, 2.05) is 63.3 Å². The molecule has 0 saturated heterocycles. The third kappa shape index (κ3) is 4.74. The number of alkyl carbamates (subject to hydrolysis) is 1. The second kappa shape index (κ2) is 7.18. The number of ether oxygens (including phenoxy) is 2. The average Bonchev–Trinajstić information content (AvgIpc) is 2.49. The van der Waals surface area contributed by atoms with E-state index >= 15 is 0 Å². The number of benzene rings is 2. The van der Waals surface area contributed by atoms with Crippen LogP contribution in [0.3, 0.4) is 0 Å². The van der Waals surface area contributed by atoms with E-state index in [-0.39, 0.29) is 0 Å². The molecule has 0 bridgehead atoms. The first-order valence-corrected chi connectivity index (χ1v) is 7.60. The fourth-order valence-corrected chi connectivity index (χ4v) is 2.26. The van der Waals surface area contributed by atoms with Crippen LogP contribution in [-0.2, 0) is 4.74 Å². The molecule has 2 aromatic rings. The molecule has 0 aromatic heterocycles. The van der Waals surface area contributed by atoms with Crippen molar-refractivity contribution in [2.75, 3.05) is 13.7 Å². The highest BCUT2D eigenvalue weighted by Gasteiger charge is 2.15.